The molecule has 0 saturated heterocycles. The summed E-state index contributed by atoms with van der Waals surface area (Å²) in [4.78, 5) is 23.8. The molecule has 1 amide bonds. The standard InChI is InChI=1S/C23H29NO5/c1-5-16(3)20-9-7-8-10-21(20)28-15-22(25)24-18-11-13-19(14-12-18)29-17(4)23(26)27-6-2/h7-14,16-17H,5-6,15H2,1-4H3,(H,24,25). The van der Waals surface area contributed by atoms with Crippen LogP contribution in [-0.2, 0) is 14.3 Å². The fourth-order valence-electron chi connectivity index (χ4n) is 2.71. The predicted octanol–water partition coefficient (Wildman–Crippen LogP) is 4.55. The minimum absolute atomic E-state index is 0.0778. The molecule has 0 aliphatic heterocycles. The van der Waals surface area contributed by atoms with Gasteiger partial charge >= 0.3 is 5.97 Å². The van der Waals surface area contributed by atoms with E-state index in [1.807, 2.05) is 24.3 Å². The number of hydrogen-bond acceptors (Lipinski definition) is 5. The first-order valence-corrected chi connectivity index (χ1v) is 9.89. The lowest BCUT2D eigenvalue weighted by Gasteiger charge is -2.16. The second-order valence-corrected chi connectivity index (χ2v) is 6.72. The van der Waals surface area contributed by atoms with E-state index in [2.05, 4.69) is 19.2 Å². The number of carbonyl (C=O) groups excluding carboxylic acids is 2. The van der Waals surface area contributed by atoms with Crippen LogP contribution in [0.3, 0.4) is 0 Å². The molecule has 0 heterocycles. The van der Waals surface area contributed by atoms with Crippen molar-refractivity contribution in [1.82, 2.24) is 0 Å². The van der Waals surface area contributed by atoms with Gasteiger partial charge in [0.1, 0.15) is 11.5 Å². The maximum atomic E-state index is 12.2. The summed E-state index contributed by atoms with van der Waals surface area (Å²) in [6, 6.07) is 14.6. The lowest BCUT2D eigenvalue weighted by Crippen LogP contribution is -2.26. The first-order chi connectivity index (χ1) is 13.9. The number of amides is 1. The van der Waals surface area contributed by atoms with Crippen LogP contribution in [0, 0.1) is 0 Å². The van der Waals surface area contributed by atoms with E-state index in [9.17, 15) is 9.59 Å². The Morgan fingerprint density at radius 2 is 1.69 bits per heavy atom. The van der Waals surface area contributed by atoms with Gasteiger partial charge in [-0.1, -0.05) is 32.0 Å². The van der Waals surface area contributed by atoms with Crippen LogP contribution < -0.4 is 14.8 Å². The molecular formula is C23H29NO5. The van der Waals surface area contributed by atoms with E-state index < -0.39 is 12.1 Å². The number of anilines is 1. The average molecular weight is 399 g/mol. The Bertz CT molecular complexity index is 803. The number of para-hydroxylation sites is 1. The molecule has 0 spiro atoms. The molecule has 2 unspecified atom stereocenters. The number of hydrogen-bond donors (Lipinski definition) is 1. The van der Waals surface area contributed by atoms with Gasteiger partial charge in [-0.3, -0.25) is 4.79 Å². The Hall–Kier alpha value is -3.02. The maximum absolute atomic E-state index is 12.2. The Morgan fingerprint density at radius 1 is 1.00 bits per heavy atom. The van der Waals surface area contributed by atoms with Crippen LogP contribution in [0.15, 0.2) is 48.5 Å². The van der Waals surface area contributed by atoms with Crippen molar-refractivity contribution in [1.29, 1.82) is 0 Å². The van der Waals surface area contributed by atoms with Crippen molar-refractivity contribution < 1.29 is 23.8 Å². The number of ether oxygens (including phenoxy) is 3. The summed E-state index contributed by atoms with van der Waals surface area (Å²) in [5.41, 5.74) is 1.71. The van der Waals surface area contributed by atoms with E-state index in [0.717, 1.165) is 17.7 Å². The van der Waals surface area contributed by atoms with Crippen LogP contribution in [-0.4, -0.2) is 31.2 Å². The molecule has 2 atom stereocenters. The van der Waals surface area contributed by atoms with E-state index in [1.54, 1.807) is 38.1 Å². The predicted molar refractivity (Wildman–Crippen MR) is 112 cm³/mol. The Kier molecular flexibility index (Phi) is 8.52. The van der Waals surface area contributed by atoms with E-state index in [4.69, 9.17) is 14.2 Å². The SMILES string of the molecule is CCOC(=O)C(C)Oc1ccc(NC(=O)COc2ccccc2C(C)CC)cc1. The largest absolute Gasteiger partial charge is 0.483 e. The molecular weight excluding hydrogens is 370 g/mol. The third kappa shape index (κ3) is 6.82. The van der Waals surface area contributed by atoms with Gasteiger partial charge in [0, 0.05) is 5.69 Å². The first kappa shape index (κ1) is 22.3. The monoisotopic (exact) mass is 399 g/mol. The number of benzene rings is 2. The summed E-state index contributed by atoms with van der Waals surface area (Å²) in [6.45, 7) is 7.85. The van der Waals surface area contributed by atoms with Crippen LogP contribution >= 0.6 is 0 Å². The topological polar surface area (TPSA) is 73.9 Å². The quantitative estimate of drug-likeness (QED) is 0.594. The summed E-state index contributed by atoms with van der Waals surface area (Å²) < 4.78 is 16.2. The summed E-state index contributed by atoms with van der Waals surface area (Å²) in [6.07, 6.45) is 0.296. The fraction of sp³-hybridized carbons (Fsp3) is 0.391. The van der Waals surface area contributed by atoms with Crippen molar-refractivity contribution in [3.63, 3.8) is 0 Å². The highest BCUT2D eigenvalue weighted by molar-refractivity contribution is 5.91. The minimum Gasteiger partial charge on any atom is -0.483 e. The average Bonchev–Trinajstić information content (AvgIpc) is 2.73. The minimum atomic E-state index is -0.700. The molecule has 2 aromatic rings. The summed E-state index contributed by atoms with van der Waals surface area (Å²) >= 11 is 0. The Labute approximate surface area is 172 Å². The number of nitrogens with one attached hydrogen (secondary N) is 1. The van der Waals surface area contributed by atoms with Gasteiger partial charge in [0.05, 0.1) is 6.61 Å². The van der Waals surface area contributed by atoms with Gasteiger partial charge in [0.2, 0.25) is 0 Å². The van der Waals surface area contributed by atoms with Gasteiger partial charge in [-0.15, -0.1) is 0 Å². The molecule has 156 valence electrons. The zero-order valence-electron chi connectivity index (χ0n) is 17.4. The molecule has 0 bridgehead atoms. The summed E-state index contributed by atoms with van der Waals surface area (Å²) in [5, 5.41) is 2.79. The molecule has 1 N–H and O–H groups in total. The second kappa shape index (κ2) is 11.1. The molecule has 0 aliphatic carbocycles. The molecule has 0 aromatic heterocycles. The van der Waals surface area contributed by atoms with Crippen molar-refractivity contribution >= 4 is 17.6 Å². The van der Waals surface area contributed by atoms with Gasteiger partial charge in [-0.05, 0) is 62.1 Å². The normalized spacial score (nSPS) is 12.6. The van der Waals surface area contributed by atoms with E-state index in [1.165, 1.54) is 0 Å². The van der Waals surface area contributed by atoms with E-state index >= 15 is 0 Å². The van der Waals surface area contributed by atoms with Crippen molar-refractivity contribution in [3.05, 3.63) is 54.1 Å². The molecule has 6 nitrogen and oxygen atoms in total. The fourth-order valence-corrected chi connectivity index (χ4v) is 2.71. The van der Waals surface area contributed by atoms with Gasteiger partial charge in [-0.2, -0.15) is 0 Å². The third-order valence-corrected chi connectivity index (χ3v) is 4.49. The molecule has 0 aliphatic rings. The highest BCUT2D eigenvalue weighted by atomic mass is 16.6. The van der Waals surface area contributed by atoms with Crippen molar-refractivity contribution in [3.8, 4) is 11.5 Å². The second-order valence-electron chi connectivity index (χ2n) is 6.72. The molecule has 6 heteroatoms. The van der Waals surface area contributed by atoms with Crippen LogP contribution in [0.1, 0.15) is 45.6 Å². The van der Waals surface area contributed by atoms with Gasteiger partial charge < -0.3 is 19.5 Å². The number of carbonyl (C=O) groups is 2. The summed E-state index contributed by atoms with van der Waals surface area (Å²) in [7, 11) is 0. The molecule has 0 fully saturated rings. The lowest BCUT2D eigenvalue weighted by molar-refractivity contribution is -0.150. The van der Waals surface area contributed by atoms with Crippen molar-refractivity contribution in [2.24, 2.45) is 0 Å². The van der Waals surface area contributed by atoms with E-state index in [0.29, 0.717) is 24.0 Å². The van der Waals surface area contributed by atoms with Crippen molar-refractivity contribution in [2.45, 2.75) is 46.1 Å². The highest BCUT2D eigenvalue weighted by Gasteiger charge is 2.16. The van der Waals surface area contributed by atoms with Crippen LogP contribution in [0.5, 0.6) is 11.5 Å². The molecule has 29 heavy (non-hydrogen) atoms. The first-order valence-electron chi connectivity index (χ1n) is 9.89. The third-order valence-electron chi connectivity index (χ3n) is 4.49. The smallest absolute Gasteiger partial charge is 0.347 e. The highest BCUT2D eigenvalue weighted by Crippen LogP contribution is 2.28. The van der Waals surface area contributed by atoms with Crippen molar-refractivity contribution in [2.75, 3.05) is 18.5 Å². The van der Waals surface area contributed by atoms with Crippen LogP contribution in [0.2, 0.25) is 0 Å². The Morgan fingerprint density at radius 3 is 2.34 bits per heavy atom. The van der Waals surface area contributed by atoms with E-state index in [-0.39, 0.29) is 12.5 Å². The van der Waals surface area contributed by atoms with Gasteiger partial charge in [-0.25, -0.2) is 4.79 Å². The van der Waals surface area contributed by atoms with Gasteiger partial charge in [0.15, 0.2) is 12.7 Å². The Balaban J connectivity index is 1.88. The zero-order chi connectivity index (χ0) is 21.2. The maximum Gasteiger partial charge on any atom is 0.347 e. The van der Waals surface area contributed by atoms with Crippen LogP contribution in [0.4, 0.5) is 5.69 Å². The molecule has 2 rings (SSSR count). The molecule has 0 radical (unpaired) electrons. The molecule has 2 aromatic carbocycles. The number of esters is 1. The summed E-state index contributed by atoms with van der Waals surface area (Å²) in [5.74, 6) is 0.937. The molecule has 0 saturated carbocycles. The number of rotatable bonds is 10. The lowest BCUT2D eigenvalue weighted by atomic mass is 9.98. The zero-order valence-corrected chi connectivity index (χ0v) is 17.4. The van der Waals surface area contributed by atoms with Gasteiger partial charge in [0.25, 0.3) is 5.91 Å². The van der Waals surface area contributed by atoms with Crippen LogP contribution in [0.25, 0.3) is 0 Å².